The first-order valence-electron chi connectivity index (χ1n) is 22.6. The van der Waals surface area contributed by atoms with Gasteiger partial charge in [0.25, 0.3) is 0 Å². The van der Waals surface area contributed by atoms with Gasteiger partial charge >= 0.3 is 0 Å². The Labute approximate surface area is 335 Å². The Morgan fingerprint density at radius 3 is 1.27 bits per heavy atom. The van der Waals surface area contributed by atoms with Crippen LogP contribution in [0.3, 0.4) is 0 Å². The van der Waals surface area contributed by atoms with Crippen molar-refractivity contribution in [3.05, 3.63) is 0 Å². The second-order valence-electron chi connectivity index (χ2n) is 20.5. The predicted octanol–water partition coefficient (Wildman–Crippen LogP) is 9.89. The maximum absolute atomic E-state index is 10.2. The van der Waals surface area contributed by atoms with Crippen LogP contribution in [0.5, 0.6) is 0 Å². The van der Waals surface area contributed by atoms with Crippen molar-refractivity contribution >= 4 is 17.8 Å². The van der Waals surface area contributed by atoms with Crippen LogP contribution < -0.4 is 16.0 Å². The number of hydrogen-bond acceptors (Lipinski definition) is 11. The Bertz CT molecular complexity index is 1200. The van der Waals surface area contributed by atoms with E-state index in [2.05, 4.69) is 95.3 Å². The lowest BCUT2D eigenvalue weighted by Crippen LogP contribution is -2.63. The summed E-state index contributed by atoms with van der Waals surface area (Å²) in [5, 5.41) is 25.9. The van der Waals surface area contributed by atoms with E-state index in [1.54, 1.807) is 6.92 Å². The van der Waals surface area contributed by atoms with Gasteiger partial charge in [0.15, 0.2) is 0 Å². The van der Waals surface area contributed by atoms with Crippen LogP contribution in [0, 0.1) is 11.8 Å². The van der Waals surface area contributed by atoms with Gasteiger partial charge in [0.1, 0.15) is 0 Å². The van der Waals surface area contributed by atoms with Crippen LogP contribution in [0.2, 0.25) is 0 Å². The monoisotopic (exact) mass is 771 g/mol. The Morgan fingerprint density at radius 1 is 0.600 bits per heavy atom. The van der Waals surface area contributed by atoms with Gasteiger partial charge in [-0.15, -0.1) is 0 Å². The third-order valence-electron chi connectivity index (χ3n) is 13.0. The van der Waals surface area contributed by atoms with E-state index in [1.165, 1.54) is 38.5 Å². The van der Waals surface area contributed by atoms with E-state index < -0.39 is 6.10 Å². The zero-order chi connectivity index (χ0) is 40.0. The quantitative estimate of drug-likeness (QED) is 0.121. The summed E-state index contributed by atoms with van der Waals surface area (Å²) in [6, 6.07) is 0.392. The molecule has 316 valence electrons. The first-order valence-corrected chi connectivity index (χ1v) is 22.6. The van der Waals surface area contributed by atoms with Crippen molar-refractivity contribution in [3.8, 4) is 0 Å². The fraction of sp³-hybridized carbons (Fsp3) is 0.932. The van der Waals surface area contributed by atoms with Crippen molar-refractivity contribution in [2.75, 3.05) is 22.5 Å². The van der Waals surface area contributed by atoms with Crippen LogP contribution in [0.25, 0.3) is 0 Å². The third-order valence-corrected chi connectivity index (χ3v) is 13.0. The van der Waals surface area contributed by atoms with E-state index in [-0.39, 0.29) is 34.2 Å². The molecule has 3 heterocycles. The molecule has 0 aromatic carbocycles. The highest BCUT2D eigenvalue weighted by atomic mass is 16.7. The number of piperidine rings is 2. The molecule has 2 aliphatic carbocycles. The summed E-state index contributed by atoms with van der Waals surface area (Å²) in [5.41, 5.74) is -0.447. The number of aliphatic hydroxyl groups excluding tert-OH is 1. The molecule has 55 heavy (non-hydrogen) atoms. The van der Waals surface area contributed by atoms with Gasteiger partial charge in [0.2, 0.25) is 17.8 Å². The molecule has 4 aliphatic rings. The van der Waals surface area contributed by atoms with E-state index in [9.17, 15) is 5.11 Å². The first kappa shape index (κ1) is 44.3. The molecule has 3 unspecified atom stereocenters. The number of aliphatic hydroxyl groups is 1. The molecule has 11 nitrogen and oxygen atoms in total. The molecule has 0 spiro atoms. The van der Waals surface area contributed by atoms with E-state index >= 15 is 0 Å². The predicted molar refractivity (Wildman–Crippen MR) is 226 cm³/mol. The summed E-state index contributed by atoms with van der Waals surface area (Å²) in [5.74, 6) is 2.49. The topological polar surface area (TPSA) is 120 Å². The van der Waals surface area contributed by atoms with Gasteiger partial charge in [-0.3, -0.25) is 9.68 Å². The molecular formula is C44H82N8O3. The fourth-order valence-electron chi connectivity index (χ4n) is 11.1. The molecule has 4 fully saturated rings. The molecule has 2 saturated carbocycles. The van der Waals surface area contributed by atoms with Crippen molar-refractivity contribution in [2.24, 2.45) is 11.8 Å². The molecule has 0 radical (unpaired) electrons. The normalized spacial score (nSPS) is 26.0. The van der Waals surface area contributed by atoms with E-state index in [1.807, 2.05) is 0 Å². The summed E-state index contributed by atoms with van der Waals surface area (Å²) in [6.45, 7) is 25.6. The van der Waals surface area contributed by atoms with Crippen LogP contribution in [0.1, 0.15) is 192 Å². The average Bonchev–Trinajstić information content (AvgIpc) is 3.10. The maximum Gasteiger partial charge on any atom is 0.229 e. The van der Waals surface area contributed by atoms with Crippen molar-refractivity contribution in [1.82, 2.24) is 25.1 Å². The van der Waals surface area contributed by atoms with E-state index in [0.717, 1.165) is 77.0 Å². The minimum Gasteiger partial charge on any atom is -0.392 e. The fourth-order valence-corrected chi connectivity index (χ4v) is 11.1. The molecule has 0 bridgehead atoms. The largest absolute Gasteiger partial charge is 0.392 e. The number of aromatic nitrogens is 3. The molecule has 2 aliphatic heterocycles. The van der Waals surface area contributed by atoms with Gasteiger partial charge in [-0.25, -0.2) is 0 Å². The van der Waals surface area contributed by atoms with Crippen molar-refractivity contribution in [2.45, 2.75) is 244 Å². The summed E-state index contributed by atoms with van der Waals surface area (Å²) in [6.07, 6.45) is 20.8. The smallest absolute Gasteiger partial charge is 0.229 e. The standard InChI is InChI=1S/C44H82N8O3/c1-12-20-36(32-26-41(4,5)51(42(6,7)27-32)54-34-22-16-14-17-23-34)46-39-48-38(45-30-31(3)53)49-40(50-39)47-37(21-13-2)33-28-43(8,9)52(44(10,11)29-33)55-35-24-18-15-19-25-35/h31-37,53H,12-30H2,1-11H3,(H3,45,46,47,48,49,50). The number of hydroxylamine groups is 4. The highest BCUT2D eigenvalue weighted by molar-refractivity contribution is 5.43. The summed E-state index contributed by atoms with van der Waals surface area (Å²) >= 11 is 0. The molecule has 2 saturated heterocycles. The molecule has 0 amide bonds. The molecule has 1 aromatic rings. The lowest BCUT2D eigenvalue weighted by atomic mass is 9.71. The number of rotatable bonds is 17. The lowest BCUT2D eigenvalue weighted by molar-refractivity contribution is -0.314. The second-order valence-corrected chi connectivity index (χ2v) is 20.5. The summed E-state index contributed by atoms with van der Waals surface area (Å²) < 4.78 is 0. The second kappa shape index (κ2) is 18.9. The van der Waals surface area contributed by atoms with E-state index in [4.69, 9.17) is 24.6 Å². The zero-order valence-corrected chi connectivity index (χ0v) is 37.0. The number of anilines is 3. The van der Waals surface area contributed by atoms with Gasteiger partial charge in [0, 0.05) is 40.8 Å². The highest BCUT2D eigenvalue weighted by Crippen LogP contribution is 2.47. The van der Waals surface area contributed by atoms with Gasteiger partial charge in [0.05, 0.1) is 18.3 Å². The Kier molecular flexibility index (Phi) is 15.2. The SMILES string of the molecule is CCCC(Nc1nc(NCC(C)O)nc(NC(CCC)C2CC(C)(C)N(OC3CCCCC3)C(C)(C)C2)n1)C1CC(C)(C)N(OC2CCCCC2)C(C)(C)C1. The minimum atomic E-state index is -0.527. The van der Waals surface area contributed by atoms with Crippen LogP contribution >= 0.6 is 0 Å². The first-order chi connectivity index (χ1) is 25.9. The summed E-state index contributed by atoms with van der Waals surface area (Å²) in [7, 11) is 0. The maximum atomic E-state index is 10.2. The molecule has 11 heteroatoms. The Morgan fingerprint density at radius 2 is 0.945 bits per heavy atom. The molecule has 4 N–H and O–H groups in total. The number of hydrogen-bond donors (Lipinski definition) is 4. The lowest BCUT2D eigenvalue weighted by Gasteiger charge is -2.56. The Hall–Kier alpha value is -1.79. The number of nitrogens with zero attached hydrogens (tertiary/aromatic N) is 5. The van der Waals surface area contributed by atoms with Crippen LogP contribution in [-0.4, -0.2) is 89.3 Å². The van der Waals surface area contributed by atoms with Crippen molar-refractivity contribution in [1.29, 1.82) is 0 Å². The molecule has 3 atom stereocenters. The molecule has 5 rings (SSSR count). The average molecular weight is 771 g/mol. The zero-order valence-electron chi connectivity index (χ0n) is 37.0. The van der Waals surface area contributed by atoms with Crippen molar-refractivity contribution < 1.29 is 14.8 Å². The van der Waals surface area contributed by atoms with Gasteiger partial charge in [-0.05, 0) is 138 Å². The third kappa shape index (κ3) is 11.9. The van der Waals surface area contributed by atoms with Crippen molar-refractivity contribution in [3.63, 3.8) is 0 Å². The van der Waals surface area contributed by atoms with Crippen LogP contribution in [-0.2, 0) is 9.68 Å². The number of nitrogens with one attached hydrogen (secondary N) is 3. The summed E-state index contributed by atoms with van der Waals surface area (Å²) in [4.78, 5) is 28.6. The molecular weight excluding hydrogens is 689 g/mol. The van der Waals surface area contributed by atoms with Gasteiger partial charge in [-0.2, -0.15) is 25.1 Å². The Balaban J connectivity index is 1.36. The highest BCUT2D eigenvalue weighted by Gasteiger charge is 2.50. The van der Waals surface area contributed by atoms with Gasteiger partial charge in [-0.1, -0.05) is 65.2 Å². The van der Waals surface area contributed by atoms with E-state index in [0.29, 0.717) is 48.4 Å². The van der Waals surface area contributed by atoms with Crippen LogP contribution in [0.4, 0.5) is 17.8 Å². The molecule has 1 aromatic heterocycles. The minimum absolute atomic E-state index is 0.112. The van der Waals surface area contributed by atoms with Gasteiger partial charge < -0.3 is 21.1 Å². The van der Waals surface area contributed by atoms with Crippen LogP contribution in [0.15, 0.2) is 0 Å².